The summed E-state index contributed by atoms with van der Waals surface area (Å²) in [5, 5.41) is 5.58. The van der Waals surface area contributed by atoms with E-state index in [4.69, 9.17) is 14.2 Å². The standard InChI is InChI=1S/C28H48N4O5/c1-16(27(33)30-12-6-14-31(2)3)37-17-7-9-21-20(15-17)18-11-13-29-24-19-8-10-22(35-4)26(36-5)23(19)28(34)32(21)25(18)24/h16-26,29H,6-15H2,1-5H3,(H,30,33)/p+2. The monoisotopic (exact) mass is 522 g/mol. The average molecular weight is 523 g/mol. The molecule has 3 heterocycles. The molecule has 9 heteroatoms. The number of carbonyl (C=O) groups is 2. The number of hydrogen-bond acceptors (Lipinski definition) is 5. The predicted molar refractivity (Wildman–Crippen MR) is 138 cm³/mol. The molecule has 0 aromatic heterocycles. The summed E-state index contributed by atoms with van der Waals surface area (Å²) in [5.74, 6) is 1.55. The van der Waals surface area contributed by atoms with Gasteiger partial charge in [-0.25, -0.2) is 0 Å². The summed E-state index contributed by atoms with van der Waals surface area (Å²) >= 11 is 0. The van der Waals surface area contributed by atoms with Crippen molar-refractivity contribution in [1.29, 1.82) is 0 Å². The maximum atomic E-state index is 14.2. The number of carbonyl (C=O) groups excluding carboxylic acids is 2. The summed E-state index contributed by atoms with van der Waals surface area (Å²) < 4.78 is 18.1. The first kappa shape index (κ1) is 27.3. The molecule has 0 aromatic carbocycles. The van der Waals surface area contributed by atoms with Crippen molar-refractivity contribution in [2.75, 3.05) is 47.9 Å². The number of quaternary nitrogens is 2. The molecule has 210 valence electrons. The Bertz CT molecular complexity index is 826. The van der Waals surface area contributed by atoms with Gasteiger partial charge in [0.1, 0.15) is 12.1 Å². The first-order valence-corrected chi connectivity index (χ1v) is 14.8. The number of methoxy groups -OCH3 is 2. The fourth-order valence-electron chi connectivity index (χ4n) is 8.77. The Morgan fingerprint density at radius 1 is 1.11 bits per heavy atom. The summed E-state index contributed by atoms with van der Waals surface area (Å²) in [5.41, 5.74) is 0. The zero-order chi connectivity index (χ0) is 26.3. The van der Waals surface area contributed by atoms with Gasteiger partial charge in [-0.1, -0.05) is 0 Å². The molecule has 0 aromatic rings. The van der Waals surface area contributed by atoms with Crippen LogP contribution in [0.3, 0.4) is 0 Å². The molecule has 2 aliphatic carbocycles. The Balaban J connectivity index is 1.26. The molecule has 0 radical (unpaired) electrons. The van der Waals surface area contributed by atoms with Gasteiger partial charge in [-0.05, 0) is 50.9 Å². The van der Waals surface area contributed by atoms with Crippen molar-refractivity contribution in [3.05, 3.63) is 0 Å². The van der Waals surface area contributed by atoms with Gasteiger partial charge in [0.25, 0.3) is 0 Å². The van der Waals surface area contributed by atoms with Crippen LogP contribution in [0.1, 0.15) is 51.9 Å². The van der Waals surface area contributed by atoms with Gasteiger partial charge in [0.2, 0.25) is 11.8 Å². The molecule has 2 amide bonds. The number of nitrogens with zero attached hydrogens (tertiary/aromatic N) is 1. The third-order valence-electron chi connectivity index (χ3n) is 10.3. The second-order valence-electron chi connectivity index (χ2n) is 12.6. The van der Waals surface area contributed by atoms with Crippen molar-refractivity contribution >= 4 is 11.8 Å². The quantitative estimate of drug-likeness (QED) is 0.331. The van der Waals surface area contributed by atoms with E-state index in [1.165, 1.54) is 4.90 Å². The van der Waals surface area contributed by atoms with Crippen LogP contribution in [0.15, 0.2) is 0 Å². The number of rotatable bonds is 9. The normalized spacial score (nSPS) is 41.7. The summed E-state index contributed by atoms with van der Waals surface area (Å²) in [6.45, 7) is 4.75. The molecule has 5 aliphatic rings. The number of piperidine rings is 2. The second kappa shape index (κ2) is 11.5. The van der Waals surface area contributed by atoms with Gasteiger partial charge in [0, 0.05) is 45.6 Å². The highest BCUT2D eigenvalue weighted by Gasteiger charge is 2.66. The Hall–Kier alpha value is -1.26. The van der Waals surface area contributed by atoms with Crippen LogP contribution in [-0.4, -0.2) is 107 Å². The first-order chi connectivity index (χ1) is 17.8. The molecule has 5 rings (SSSR count). The molecule has 3 saturated heterocycles. The van der Waals surface area contributed by atoms with Gasteiger partial charge < -0.3 is 34.6 Å². The SMILES string of the molecule is COC1CCC2C3[NH2+]CCC4C5CC(OC(C)C(=O)NCCC[NH+](C)C)CCC5N(C(=O)C2C1OC)C43. The fraction of sp³-hybridized carbons (Fsp3) is 0.929. The lowest BCUT2D eigenvalue weighted by atomic mass is 9.64. The number of nitrogens with two attached hydrogens (primary N) is 1. The van der Waals surface area contributed by atoms with Gasteiger partial charge in [-0.2, -0.15) is 0 Å². The minimum Gasteiger partial charge on any atom is -0.379 e. The average Bonchev–Trinajstić information content (AvgIpc) is 3.23. The molecular weight excluding hydrogens is 472 g/mol. The van der Waals surface area contributed by atoms with E-state index in [0.717, 1.165) is 58.0 Å². The van der Waals surface area contributed by atoms with Gasteiger partial charge in [0.05, 0.1) is 57.5 Å². The van der Waals surface area contributed by atoms with E-state index in [1.807, 2.05) is 6.92 Å². The Labute approximate surface area is 222 Å². The second-order valence-corrected chi connectivity index (χ2v) is 12.6. The van der Waals surface area contributed by atoms with Crippen LogP contribution >= 0.6 is 0 Å². The van der Waals surface area contributed by atoms with Crippen molar-refractivity contribution in [3.63, 3.8) is 0 Å². The van der Waals surface area contributed by atoms with Crippen LogP contribution in [-0.2, 0) is 23.8 Å². The maximum Gasteiger partial charge on any atom is 0.248 e. The fourth-order valence-corrected chi connectivity index (χ4v) is 8.77. The van der Waals surface area contributed by atoms with Gasteiger partial charge >= 0.3 is 0 Å². The highest BCUT2D eigenvalue weighted by Crippen LogP contribution is 2.53. The van der Waals surface area contributed by atoms with E-state index in [1.54, 1.807) is 14.2 Å². The van der Waals surface area contributed by atoms with Crippen molar-refractivity contribution in [1.82, 2.24) is 10.2 Å². The van der Waals surface area contributed by atoms with Gasteiger partial charge in [0.15, 0.2) is 0 Å². The molecule has 3 aliphatic heterocycles. The van der Waals surface area contributed by atoms with Crippen molar-refractivity contribution in [2.45, 2.75) is 94.4 Å². The third kappa shape index (κ3) is 5.07. The van der Waals surface area contributed by atoms with E-state index in [9.17, 15) is 9.59 Å². The third-order valence-corrected chi connectivity index (χ3v) is 10.3. The predicted octanol–water partition coefficient (Wildman–Crippen LogP) is -1.19. The summed E-state index contributed by atoms with van der Waals surface area (Å²) in [7, 11) is 7.73. The van der Waals surface area contributed by atoms with E-state index in [0.29, 0.717) is 42.3 Å². The van der Waals surface area contributed by atoms with Crippen LogP contribution < -0.4 is 15.5 Å². The van der Waals surface area contributed by atoms with Crippen molar-refractivity contribution < 1.29 is 34.0 Å². The Morgan fingerprint density at radius 3 is 2.65 bits per heavy atom. The molecule has 0 spiro atoms. The van der Waals surface area contributed by atoms with Gasteiger partial charge in [-0.15, -0.1) is 0 Å². The first-order valence-electron chi connectivity index (χ1n) is 14.8. The maximum absolute atomic E-state index is 14.2. The molecular formula is C28H50N4O5+2. The lowest BCUT2D eigenvalue weighted by molar-refractivity contribution is -0.858. The Kier molecular flexibility index (Phi) is 8.46. The molecule has 11 atom stereocenters. The highest BCUT2D eigenvalue weighted by atomic mass is 16.5. The van der Waals surface area contributed by atoms with E-state index in [2.05, 4.69) is 29.6 Å². The molecule has 9 nitrogen and oxygen atoms in total. The van der Waals surface area contributed by atoms with Crippen molar-refractivity contribution in [2.24, 2.45) is 23.7 Å². The molecule has 4 N–H and O–H groups in total. The molecule has 11 unspecified atom stereocenters. The minimum atomic E-state index is -0.442. The van der Waals surface area contributed by atoms with E-state index in [-0.39, 0.29) is 36.2 Å². The lowest BCUT2D eigenvalue weighted by Gasteiger charge is -2.53. The molecule has 37 heavy (non-hydrogen) atoms. The van der Waals surface area contributed by atoms with Crippen LogP contribution in [0.2, 0.25) is 0 Å². The van der Waals surface area contributed by atoms with Crippen LogP contribution in [0.5, 0.6) is 0 Å². The molecule has 5 fully saturated rings. The minimum absolute atomic E-state index is 0.00886. The van der Waals surface area contributed by atoms with Crippen LogP contribution in [0, 0.1) is 23.7 Å². The zero-order valence-corrected chi connectivity index (χ0v) is 23.5. The Morgan fingerprint density at radius 2 is 1.92 bits per heavy atom. The van der Waals surface area contributed by atoms with Crippen LogP contribution in [0.4, 0.5) is 0 Å². The number of amides is 2. The topological polar surface area (TPSA) is 98.1 Å². The van der Waals surface area contributed by atoms with E-state index >= 15 is 0 Å². The zero-order valence-electron chi connectivity index (χ0n) is 23.5. The summed E-state index contributed by atoms with van der Waals surface area (Å²) in [4.78, 5) is 30.5. The molecule has 2 saturated carbocycles. The molecule has 0 bridgehead atoms. The van der Waals surface area contributed by atoms with Crippen LogP contribution in [0.25, 0.3) is 0 Å². The lowest BCUT2D eigenvalue weighted by Crippen LogP contribution is -3.05. The largest absolute Gasteiger partial charge is 0.379 e. The number of fused-ring (bicyclic) bond motifs is 5. The number of nitrogens with one attached hydrogen (secondary N) is 2. The summed E-state index contributed by atoms with van der Waals surface area (Å²) in [6.07, 6.45) is 6.42. The number of hydrogen-bond donors (Lipinski definition) is 3. The highest BCUT2D eigenvalue weighted by molar-refractivity contribution is 5.82. The van der Waals surface area contributed by atoms with Crippen molar-refractivity contribution in [3.8, 4) is 0 Å². The smallest absolute Gasteiger partial charge is 0.248 e. The number of ether oxygens (including phenoxy) is 3. The van der Waals surface area contributed by atoms with E-state index < -0.39 is 6.10 Å². The summed E-state index contributed by atoms with van der Waals surface area (Å²) in [6, 6.07) is 1.07. The van der Waals surface area contributed by atoms with Gasteiger partial charge in [-0.3, -0.25) is 9.59 Å².